The first-order valence-electron chi connectivity index (χ1n) is 11.6. The molecule has 36 heavy (non-hydrogen) atoms. The molecule has 0 spiro atoms. The van der Waals surface area contributed by atoms with Crippen molar-refractivity contribution in [3.8, 4) is 17.3 Å². The number of aromatic nitrogens is 3. The monoisotopic (exact) mass is 563 g/mol. The van der Waals surface area contributed by atoms with Crippen LogP contribution < -0.4 is 10.6 Å². The Bertz CT molecular complexity index is 1460. The number of hydrogen-bond acceptors (Lipinski definition) is 5. The van der Waals surface area contributed by atoms with Crippen LogP contribution in [0.25, 0.3) is 16.9 Å². The molecule has 0 bridgehead atoms. The number of rotatable bonds is 5. The zero-order chi connectivity index (χ0) is 25.1. The van der Waals surface area contributed by atoms with Crippen molar-refractivity contribution >= 4 is 50.7 Å². The lowest BCUT2D eigenvalue weighted by Gasteiger charge is -2.33. The predicted octanol–water partition coefficient (Wildman–Crippen LogP) is 6.04. The van der Waals surface area contributed by atoms with Gasteiger partial charge in [0.25, 0.3) is 0 Å². The fraction of sp³-hybridized carbons (Fsp3) is 0.231. The van der Waals surface area contributed by atoms with E-state index in [1.54, 1.807) is 35.0 Å². The standard InChI is InChI=1S/C26H23BrClN7O/c27-21-15-31-35-24(12-23(33-25(21)35)20-8-1-2-9-22(20)28)30-14-18-6-4-10-34(16-18)26(36)32-19-7-3-5-17(11-19)13-29/h1-3,5,7-9,11-12,15,18,30H,4,6,10,14,16H2,(H,32,36). The number of fused-ring (bicyclic) bond motifs is 1. The highest BCUT2D eigenvalue weighted by Gasteiger charge is 2.24. The molecule has 3 heterocycles. The molecule has 5 rings (SSSR count). The summed E-state index contributed by atoms with van der Waals surface area (Å²) in [7, 11) is 0. The Morgan fingerprint density at radius 2 is 2.08 bits per heavy atom. The second kappa shape index (κ2) is 10.6. The van der Waals surface area contributed by atoms with Gasteiger partial charge in [-0.3, -0.25) is 0 Å². The maximum absolute atomic E-state index is 12.9. The van der Waals surface area contributed by atoms with Crippen LogP contribution >= 0.6 is 27.5 Å². The van der Waals surface area contributed by atoms with E-state index < -0.39 is 0 Å². The number of nitrogens with one attached hydrogen (secondary N) is 2. The summed E-state index contributed by atoms with van der Waals surface area (Å²) in [6.45, 7) is 2.00. The van der Waals surface area contributed by atoms with Crippen molar-refractivity contribution < 1.29 is 4.79 Å². The van der Waals surface area contributed by atoms with E-state index in [1.807, 2.05) is 35.2 Å². The molecule has 2 N–H and O–H groups in total. The summed E-state index contributed by atoms with van der Waals surface area (Å²) in [6, 6.07) is 18.4. The Morgan fingerprint density at radius 1 is 1.22 bits per heavy atom. The van der Waals surface area contributed by atoms with E-state index in [-0.39, 0.29) is 11.9 Å². The number of anilines is 2. The van der Waals surface area contributed by atoms with Gasteiger partial charge in [-0.1, -0.05) is 35.9 Å². The number of carbonyl (C=O) groups is 1. The summed E-state index contributed by atoms with van der Waals surface area (Å²) in [5, 5.41) is 20.6. The number of likely N-dealkylation sites (tertiary alicyclic amines) is 1. The second-order valence-electron chi connectivity index (χ2n) is 8.69. The van der Waals surface area contributed by atoms with E-state index in [1.165, 1.54) is 0 Å². The lowest BCUT2D eigenvalue weighted by atomic mass is 9.98. The zero-order valence-electron chi connectivity index (χ0n) is 19.3. The molecule has 2 aromatic carbocycles. The number of nitriles is 1. The quantitative estimate of drug-likeness (QED) is 0.308. The van der Waals surface area contributed by atoms with Crippen molar-refractivity contribution in [1.82, 2.24) is 19.5 Å². The predicted molar refractivity (Wildman–Crippen MR) is 144 cm³/mol. The SMILES string of the molecule is N#Cc1cccc(NC(=O)N2CCCC(CNc3cc(-c4ccccc4Cl)nc4c(Br)cnn34)C2)c1. The molecule has 0 radical (unpaired) electrons. The lowest BCUT2D eigenvalue weighted by Crippen LogP contribution is -2.44. The minimum atomic E-state index is -0.155. The molecule has 182 valence electrons. The average Bonchev–Trinajstić information content (AvgIpc) is 3.28. The van der Waals surface area contributed by atoms with Crippen molar-refractivity contribution in [2.75, 3.05) is 30.3 Å². The molecule has 2 amide bonds. The molecule has 8 nitrogen and oxygen atoms in total. The van der Waals surface area contributed by atoms with Crippen molar-refractivity contribution in [3.63, 3.8) is 0 Å². The van der Waals surface area contributed by atoms with Gasteiger partial charge in [0.05, 0.1) is 28.0 Å². The van der Waals surface area contributed by atoms with Gasteiger partial charge in [-0.2, -0.15) is 14.9 Å². The molecule has 1 aliphatic rings. The first-order chi connectivity index (χ1) is 17.5. The van der Waals surface area contributed by atoms with Gasteiger partial charge in [0.2, 0.25) is 0 Å². The Balaban J connectivity index is 1.30. The van der Waals surface area contributed by atoms with Crippen LogP contribution in [0.2, 0.25) is 5.02 Å². The molecule has 1 saturated heterocycles. The maximum atomic E-state index is 12.9. The van der Waals surface area contributed by atoms with Crippen LogP contribution in [0.3, 0.4) is 0 Å². The minimum absolute atomic E-state index is 0.155. The summed E-state index contributed by atoms with van der Waals surface area (Å²) in [5.41, 5.74) is 3.42. The number of urea groups is 1. The van der Waals surface area contributed by atoms with Gasteiger partial charge in [0.15, 0.2) is 5.65 Å². The minimum Gasteiger partial charge on any atom is -0.370 e. The van der Waals surface area contributed by atoms with Gasteiger partial charge >= 0.3 is 6.03 Å². The molecular weight excluding hydrogens is 542 g/mol. The van der Waals surface area contributed by atoms with Crippen LogP contribution in [0.15, 0.2) is 65.3 Å². The third-order valence-electron chi connectivity index (χ3n) is 6.20. The normalized spacial score (nSPS) is 15.5. The van der Waals surface area contributed by atoms with Crippen molar-refractivity contribution in [2.24, 2.45) is 5.92 Å². The van der Waals surface area contributed by atoms with E-state index in [2.05, 4.69) is 37.7 Å². The summed E-state index contributed by atoms with van der Waals surface area (Å²) < 4.78 is 2.56. The van der Waals surface area contributed by atoms with Crippen LogP contribution in [0.5, 0.6) is 0 Å². The molecule has 4 aromatic rings. The van der Waals surface area contributed by atoms with Gasteiger partial charge in [-0.15, -0.1) is 0 Å². The number of hydrogen-bond donors (Lipinski definition) is 2. The third kappa shape index (κ3) is 5.15. The molecule has 0 saturated carbocycles. The topological polar surface area (TPSA) is 98.3 Å². The third-order valence-corrected chi connectivity index (χ3v) is 7.09. The number of halogens is 2. The van der Waals surface area contributed by atoms with Gasteiger partial charge in [0.1, 0.15) is 5.82 Å². The van der Waals surface area contributed by atoms with E-state index in [0.717, 1.165) is 34.4 Å². The summed E-state index contributed by atoms with van der Waals surface area (Å²) in [5.74, 6) is 1.07. The Morgan fingerprint density at radius 3 is 2.92 bits per heavy atom. The van der Waals surface area contributed by atoms with Crippen molar-refractivity contribution in [1.29, 1.82) is 5.26 Å². The van der Waals surface area contributed by atoms with Gasteiger partial charge in [-0.25, -0.2) is 9.78 Å². The van der Waals surface area contributed by atoms with Crippen LogP contribution in [0.4, 0.5) is 16.3 Å². The second-order valence-corrected chi connectivity index (χ2v) is 9.95. The van der Waals surface area contributed by atoms with Gasteiger partial charge < -0.3 is 15.5 Å². The maximum Gasteiger partial charge on any atom is 0.321 e. The molecule has 1 unspecified atom stereocenters. The van der Waals surface area contributed by atoms with E-state index in [9.17, 15) is 4.79 Å². The van der Waals surface area contributed by atoms with Crippen molar-refractivity contribution in [3.05, 3.63) is 75.9 Å². The highest BCUT2D eigenvalue weighted by atomic mass is 79.9. The van der Waals surface area contributed by atoms with Crippen LogP contribution in [0, 0.1) is 17.2 Å². The molecule has 1 atom stereocenters. The smallest absolute Gasteiger partial charge is 0.321 e. The zero-order valence-corrected chi connectivity index (χ0v) is 21.6. The number of carbonyl (C=O) groups excluding carboxylic acids is 1. The van der Waals surface area contributed by atoms with Gasteiger partial charge in [-0.05, 0) is 59.0 Å². The Hall–Kier alpha value is -3.61. The highest BCUT2D eigenvalue weighted by Crippen LogP contribution is 2.30. The first-order valence-corrected chi connectivity index (χ1v) is 12.8. The van der Waals surface area contributed by atoms with E-state index >= 15 is 0 Å². The van der Waals surface area contributed by atoms with Crippen LogP contribution in [-0.4, -0.2) is 45.2 Å². The van der Waals surface area contributed by atoms with E-state index in [0.29, 0.717) is 41.6 Å². The molecule has 1 fully saturated rings. The number of amides is 2. The fourth-order valence-corrected chi connectivity index (χ4v) is 4.98. The summed E-state index contributed by atoms with van der Waals surface area (Å²) in [6.07, 6.45) is 3.65. The van der Waals surface area contributed by atoms with Crippen LogP contribution in [-0.2, 0) is 0 Å². The molecule has 0 aliphatic carbocycles. The Labute approximate surface area is 222 Å². The van der Waals surface area contributed by atoms with E-state index in [4.69, 9.17) is 21.8 Å². The largest absolute Gasteiger partial charge is 0.370 e. The summed E-state index contributed by atoms with van der Waals surface area (Å²) in [4.78, 5) is 19.5. The lowest BCUT2D eigenvalue weighted by molar-refractivity contribution is 0.180. The highest BCUT2D eigenvalue weighted by molar-refractivity contribution is 9.10. The average molecular weight is 565 g/mol. The van der Waals surface area contributed by atoms with Gasteiger partial charge in [0, 0.05) is 42.0 Å². The number of benzene rings is 2. The number of piperidine rings is 1. The molecule has 2 aromatic heterocycles. The summed E-state index contributed by atoms with van der Waals surface area (Å²) >= 11 is 9.98. The first kappa shape index (κ1) is 24.1. The number of nitrogens with zero attached hydrogens (tertiary/aromatic N) is 5. The molecule has 1 aliphatic heterocycles. The fourth-order valence-electron chi connectivity index (χ4n) is 4.40. The Kier molecular flexibility index (Phi) is 7.07. The molecular formula is C26H23BrClN7O. The van der Waals surface area contributed by atoms with Crippen molar-refractivity contribution in [2.45, 2.75) is 12.8 Å². The van der Waals surface area contributed by atoms with Crippen LogP contribution in [0.1, 0.15) is 18.4 Å². The molecule has 10 heteroatoms.